The summed E-state index contributed by atoms with van der Waals surface area (Å²) < 4.78 is 0. The zero-order chi connectivity index (χ0) is 14.8. The summed E-state index contributed by atoms with van der Waals surface area (Å²) in [6, 6.07) is 0. The number of hydrogen-bond acceptors (Lipinski definition) is 3. The molecule has 0 radical (unpaired) electrons. The topological polar surface area (TPSA) is 86.6 Å². The van der Waals surface area contributed by atoms with Crippen LogP contribution < -0.4 is 5.32 Å². The van der Waals surface area contributed by atoms with Crippen LogP contribution >= 0.6 is 0 Å². The summed E-state index contributed by atoms with van der Waals surface area (Å²) in [5, 5.41) is 21.7. The van der Waals surface area contributed by atoms with Gasteiger partial charge in [-0.1, -0.05) is 6.92 Å². The second-order valence-electron chi connectivity index (χ2n) is 6.66. The summed E-state index contributed by atoms with van der Waals surface area (Å²) in [6.07, 6.45) is 5.31. The molecular weight excluding hydrogens is 258 g/mol. The SMILES string of the molecule is CC1CCC(CO)(NC(=O)[C@@H]2CC[C@H](C(=O)O)C2)CC1. The van der Waals surface area contributed by atoms with E-state index in [-0.39, 0.29) is 24.3 Å². The van der Waals surface area contributed by atoms with E-state index in [2.05, 4.69) is 12.2 Å². The van der Waals surface area contributed by atoms with Crippen LogP contribution in [0.2, 0.25) is 0 Å². The Labute approximate surface area is 119 Å². The third-order valence-corrected chi connectivity index (χ3v) is 5.08. The van der Waals surface area contributed by atoms with Gasteiger partial charge in [-0.05, 0) is 50.9 Å². The average molecular weight is 283 g/mol. The number of aliphatic carboxylic acids is 1. The molecule has 0 aromatic rings. The van der Waals surface area contributed by atoms with Gasteiger partial charge in [0.2, 0.25) is 5.91 Å². The third-order valence-electron chi connectivity index (χ3n) is 5.08. The number of aliphatic hydroxyl groups is 1. The van der Waals surface area contributed by atoms with E-state index in [1.165, 1.54) is 0 Å². The molecule has 2 atom stereocenters. The predicted octanol–water partition coefficient (Wildman–Crippen LogP) is 1.54. The standard InChI is InChI=1S/C15H25NO4/c1-10-4-6-15(9-17,7-5-10)16-13(18)11-2-3-12(8-11)14(19)20/h10-12,17H,2-9H2,1H3,(H,16,18)(H,19,20)/t10?,11-,12+,15?/m1/s1. The number of nitrogens with one attached hydrogen (secondary N) is 1. The number of carboxylic acid groups (broad SMARTS) is 1. The summed E-state index contributed by atoms with van der Waals surface area (Å²) in [6.45, 7) is 2.16. The number of amides is 1. The highest BCUT2D eigenvalue weighted by Crippen LogP contribution is 2.35. The van der Waals surface area contributed by atoms with Gasteiger partial charge in [0.25, 0.3) is 0 Å². The van der Waals surface area contributed by atoms with E-state index < -0.39 is 11.5 Å². The maximum absolute atomic E-state index is 12.3. The summed E-state index contributed by atoms with van der Waals surface area (Å²) in [7, 11) is 0. The molecule has 0 saturated heterocycles. The van der Waals surface area contributed by atoms with E-state index in [9.17, 15) is 14.7 Å². The zero-order valence-electron chi connectivity index (χ0n) is 12.1. The Hall–Kier alpha value is -1.10. The minimum absolute atomic E-state index is 0.0272. The molecule has 1 amide bonds. The van der Waals surface area contributed by atoms with Gasteiger partial charge < -0.3 is 15.5 Å². The van der Waals surface area contributed by atoms with E-state index in [0.29, 0.717) is 25.2 Å². The molecule has 20 heavy (non-hydrogen) atoms. The highest BCUT2D eigenvalue weighted by atomic mass is 16.4. The highest BCUT2D eigenvalue weighted by molar-refractivity contribution is 5.81. The number of carbonyl (C=O) groups excluding carboxylic acids is 1. The monoisotopic (exact) mass is 283 g/mol. The number of hydrogen-bond donors (Lipinski definition) is 3. The summed E-state index contributed by atoms with van der Waals surface area (Å²) in [5.74, 6) is -0.823. The lowest BCUT2D eigenvalue weighted by Gasteiger charge is -2.39. The summed E-state index contributed by atoms with van der Waals surface area (Å²) in [5.41, 5.74) is -0.481. The molecule has 0 aromatic heterocycles. The molecule has 2 aliphatic rings. The van der Waals surface area contributed by atoms with Crippen LogP contribution in [-0.2, 0) is 9.59 Å². The molecule has 114 valence electrons. The molecule has 2 aliphatic carbocycles. The molecule has 3 N–H and O–H groups in total. The predicted molar refractivity (Wildman–Crippen MR) is 74.1 cm³/mol. The van der Waals surface area contributed by atoms with Gasteiger partial charge >= 0.3 is 5.97 Å². The lowest BCUT2D eigenvalue weighted by atomic mass is 9.77. The van der Waals surface area contributed by atoms with Crippen LogP contribution in [0.25, 0.3) is 0 Å². The fourth-order valence-corrected chi connectivity index (χ4v) is 3.44. The summed E-state index contributed by atoms with van der Waals surface area (Å²) in [4.78, 5) is 23.3. The van der Waals surface area contributed by atoms with Gasteiger partial charge in [0.1, 0.15) is 0 Å². The Balaban J connectivity index is 1.91. The van der Waals surface area contributed by atoms with Crippen molar-refractivity contribution in [2.24, 2.45) is 17.8 Å². The van der Waals surface area contributed by atoms with Crippen molar-refractivity contribution in [3.63, 3.8) is 0 Å². The van der Waals surface area contributed by atoms with Crippen LogP contribution in [0, 0.1) is 17.8 Å². The molecule has 5 nitrogen and oxygen atoms in total. The van der Waals surface area contributed by atoms with E-state index >= 15 is 0 Å². The summed E-state index contributed by atoms with van der Waals surface area (Å²) >= 11 is 0. The van der Waals surface area contributed by atoms with Crippen LogP contribution in [-0.4, -0.2) is 34.2 Å². The van der Waals surface area contributed by atoms with Gasteiger partial charge in [-0.3, -0.25) is 9.59 Å². The van der Waals surface area contributed by atoms with Crippen LogP contribution in [0.3, 0.4) is 0 Å². The minimum Gasteiger partial charge on any atom is -0.481 e. The van der Waals surface area contributed by atoms with E-state index in [0.717, 1.165) is 25.7 Å². The lowest BCUT2D eigenvalue weighted by molar-refractivity contribution is -0.141. The van der Waals surface area contributed by atoms with Crippen molar-refractivity contribution >= 4 is 11.9 Å². The minimum atomic E-state index is -0.802. The molecule has 2 rings (SSSR count). The second-order valence-corrected chi connectivity index (χ2v) is 6.66. The molecular formula is C15H25NO4. The third kappa shape index (κ3) is 3.32. The van der Waals surface area contributed by atoms with Crippen molar-refractivity contribution in [3.05, 3.63) is 0 Å². The number of carboxylic acids is 1. The molecule has 0 heterocycles. The molecule has 2 fully saturated rings. The average Bonchev–Trinajstić information content (AvgIpc) is 2.92. The first-order chi connectivity index (χ1) is 9.46. The largest absolute Gasteiger partial charge is 0.481 e. The highest BCUT2D eigenvalue weighted by Gasteiger charge is 2.39. The molecule has 0 aromatic carbocycles. The Bertz CT molecular complexity index is 374. The van der Waals surface area contributed by atoms with Gasteiger partial charge in [0.05, 0.1) is 18.1 Å². The molecule has 0 aliphatic heterocycles. The van der Waals surface area contributed by atoms with Crippen molar-refractivity contribution in [3.8, 4) is 0 Å². The normalized spacial score (nSPS) is 37.6. The molecule has 2 saturated carbocycles. The first kappa shape index (κ1) is 15.3. The van der Waals surface area contributed by atoms with Crippen LogP contribution in [0.15, 0.2) is 0 Å². The fraction of sp³-hybridized carbons (Fsp3) is 0.867. The Morgan fingerprint density at radius 1 is 1.15 bits per heavy atom. The van der Waals surface area contributed by atoms with Gasteiger partial charge in [-0.2, -0.15) is 0 Å². The van der Waals surface area contributed by atoms with Gasteiger partial charge in [0.15, 0.2) is 0 Å². The van der Waals surface area contributed by atoms with Crippen LogP contribution in [0.1, 0.15) is 51.9 Å². The Morgan fingerprint density at radius 3 is 2.25 bits per heavy atom. The van der Waals surface area contributed by atoms with Gasteiger partial charge in [-0.25, -0.2) is 0 Å². The molecule has 0 spiro atoms. The zero-order valence-corrected chi connectivity index (χ0v) is 12.1. The van der Waals surface area contributed by atoms with E-state index in [4.69, 9.17) is 5.11 Å². The first-order valence-corrected chi connectivity index (χ1v) is 7.61. The maximum Gasteiger partial charge on any atom is 0.306 e. The van der Waals surface area contributed by atoms with Crippen molar-refractivity contribution in [1.29, 1.82) is 0 Å². The number of rotatable bonds is 4. The number of carbonyl (C=O) groups is 2. The fourth-order valence-electron chi connectivity index (χ4n) is 3.44. The first-order valence-electron chi connectivity index (χ1n) is 7.61. The van der Waals surface area contributed by atoms with Crippen molar-refractivity contribution in [1.82, 2.24) is 5.32 Å². The Kier molecular flexibility index (Phi) is 4.68. The van der Waals surface area contributed by atoms with Gasteiger partial charge in [0, 0.05) is 5.92 Å². The van der Waals surface area contributed by atoms with Crippen molar-refractivity contribution in [2.75, 3.05) is 6.61 Å². The molecule has 0 unspecified atom stereocenters. The van der Waals surface area contributed by atoms with Gasteiger partial charge in [-0.15, -0.1) is 0 Å². The molecule has 5 heteroatoms. The van der Waals surface area contributed by atoms with Crippen molar-refractivity contribution in [2.45, 2.75) is 57.4 Å². The number of aliphatic hydroxyl groups excluding tert-OH is 1. The second kappa shape index (κ2) is 6.12. The smallest absolute Gasteiger partial charge is 0.306 e. The maximum atomic E-state index is 12.3. The van der Waals surface area contributed by atoms with Crippen molar-refractivity contribution < 1.29 is 19.8 Å². The Morgan fingerprint density at radius 2 is 1.75 bits per heavy atom. The van der Waals surface area contributed by atoms with Crippen LogP contribution in [0.5, 0.6) is 0 Å². The molecule has 0 bridgehead atoms. The lowest BCUT2D eigenvalue weighted by Crippen LogP contribution is -2.54. The van der Waals surface area contributed by atoms with E-state index in [1.54, 1.807) is 0 Å². The van der Waals surface area contributed by atoms with Crippen LogP contribution in [0.4, 0.5) is 0 Å². The van der Waals surface area contributed by atoms with E-state index in [1.807, 2.05) is 0 Å². The quantitative estimate of drug-likeness (QED) is 0.730.